The molecule has 0 aromatic carbocycles. The SMILES string of the molecule is NN1CCCN(CC(=O)N2CCCCCC2)C1=O. The van der Waals surface area contributed by atoms with E-state index in [0.29, 0.717) is 13.1 Å². The molecular weight excluding hydrogens is 232 g/mol. The molecule has 2 rings (SSSR count). The van der Waals surface area contributed by atoms with Crippen LogP contribution in [0.15, 0.2) is 0 Å². The van der Waals surface area contributed by atoms with Gasteiger partial charge in [-0.05, 0) is 19.3 Å². The summed E-state index contributed by atoms with van der Waals surface area (Å²) in [7, 11) is 0. The van der Waals surface area contributed by atoms with Crippen molar-refractivity contribution in [1.82, 2.24) is 14.8 Å². The topological polar surface area (TPSA) is 69.9 Å². The van der Waals surface area contributed by atoms with Gasteiger partial charge in [0.25, 0.3) is 0 Å². The van der Waals surface area contributed by atoms with Crippen LogP contribution in [0, 0.1) is 0 Å². The molecule has 0 radical (unpaired) electrons. The lowest BCUT2D eigenvalue weighted by Crippen LogP contribution is -2.55. The number of rotatable bonds is 2. The fraction of sp³-hybridized carbons (Fsp3) is 0.833. The summed E-state index contributed by atoms with van der Waals surface area (Å²) in [6, 6.07) is -0.232. The fourth-order valence-electron chi connectivity index (χ4n) is 2.53. The lowest BCUT2D eigenvalue weighted by Gasteiger charge is -2.33. The van der Waals surface area contributed by atoms with Gasteiger partial charge in [-0.15, -0.1) is 0 Å². The molecule has 0 aromatic rings. The molecule has 18 heavy (non-hydrogen) atoms. The fourth-order valence-corrected chi connectivity index (χ4v) is 2.53. The predicted molar refractivity (Wildman–Crippen MR) is 67.5 cm³/mol. The Hall–Kier alpha value is -1.30. The monoisotopic (exact) mass is 254 g/mol. The molecule has 2 fully saturated rings. The van der Waals surface area contributed by atoms with E-state index >= 15 is 0 Å². The molecular formula is C12H22N4O2. The highest BCUT2D eigenvalue weighted by atomic mass is 16.2. The van der Waals surface area contributed by atoms with Crippen LogP contribution in [-0.4, -0.2) is 59.5 Å². The number of amides is 3. The van der Waals surface area contributed by atoms with Crippen LogP contribution < -0.4 is 5.84 Å². The number of hydrazine groups is 1. The molecule has 0 spiro atoms. The molecule has 102 valence electrons. The Morgan fingerprint density at radius 2 is 1.67 bits per heavy atom. The highest BCUT2D eigenvalue weighted by molar-refractivity contribution is 5.84. The van der Waals surface area contributed by atoms with Gasteiger partial charge in [-0.2, -0.15) is 0 Å². The zero-order chi connectivity index (χ0) is 13.0. The Morgan fingerprint density at radius 1 is 1.00 bits per heavy atom. The molecule has 2 saturated heterocycles. The quantitative estimate of drug-likeness (QED) is 0.572. The van der Waals surface area contributed by atoms with E-state index in [1.807, 2.05) is 4.90 Å². The molecule has 0 bridgehead atoms. The Bertz CT molecular complexity index is 313. The van der Waals surface area contributed by atoms with Crippen LogP contribution in [-0.2, 0) is 4.79 Å². The molecule has 6 heteroatoms. The minimum atomic E-state index is -0.232. The van der Waals surface area contributed by atoms with E-state index in [1.54, 1.807) is 4.90 Å². The van der Waals surface area contributed by atoms with Gasteiger partial charge in [0.2, 0.25) is 5.91 Å². The molecule has 0 unspecified atom stereocenters. The summed E-state index contributed by atoms with van der Waals surface area (Å²) in [5, 5.41) is 1.19. The Kier molecular flexibility index (Phi) is 4.41. The Morgan fingerprint density at radius 3 is 2.33 bits per heavy atom. The minimum absolute atomic E-state index is 0.0561. The number of carbonyl (C=O) groups is 2. The van der Waals surface area contributed by atoms with Crippen LogP contribution in [0.25, 0.3) is 0 Å². The first-order chi connectivity index (χ1) is 8.68. The highest BCUT2D eigenvalue weighted by Gasteiger charge is 2.27. The Balaban J connectivity index is 1.87. The normalized spacial score (nSPS) is 22.1. The number of nitrogens with two attached hydrogens (primary N) is 1. The van der Waals surface area contributed by atoms with Crippen molar-refractivity contribution in [2.24, 2.45) is 5.84 Å². The third-order valence-corrected chi connectivity index (χ3v) is 3.63. The molecule has 2 aliphatic heterocycles. The maximum absolute atomic E-state index is 12.1. The number of likely N-dealkylation sites (tertiary alicyclic amines) is 1. The first kappa shape index (κ1) is 13.1. The lowest BCUT2D eigenvalue weighted by atomic mass is 10.2. The number of hydrogen-bond donors (Lipinski definition) is 1. The maximum atomic E-state index is 12.1. The average molecular weight is 254 g/mol. The molecule has 0 saturated carbocycles. The molecule has 3 amide bonds. The van der Waals surface area contributed by atoms with Gasteiger partial charge in [-0.3, -0.25) is 9.80 Å². The van der Waals surface area contributed by atoms with Crippen molar-refractivity contribution in [2.75, 3.05) is 32.7 Å². The first-order valence-corrected chi connectivity index (χ1v) is 6.77. The second kappa shape index (κ2) is 6.04. The smallest absolute Gasteiger partial charge is 0.334 e. The number of nitrogens with zero attached hydrogens (tertiary/aromatic N) is 3. The summed E-state index contributed by atoms with van der Waals surface area (Å²) in [6.07, 6.45) is 5.37. The molecule has 6 nitrogen and oxygen atoms in total. The summed E-state index contributed by atoms with van der Waals surface area (Å²) < 4.78 is 0. The van der Waals surface area contributed by atoms with Gasteiger partial charge in [0.05, 0.1) is 0 Å². The van der Waals surface area contributed by atoms with Crippen molar-refractivity contribution in [2.45, 2.75) is 32.1 Å². The van der Waals surface area contributed by atoms with E-state index < -0.39 is 0 Å². The van der Waals surface area contributed by atoms with E-state index in [4.69, 9.17) is 5.84 Å². The Labute approximate surface area is 108 Å². The van der Waals surface area contributed by atoms with Crippen molar-refractivity contribution >= 4 is 11.9 Å². The summed E-state index contributed by atoms with van der Waals surface area (Å²) in [6.45, 7) is 3.03. The van der Waals surface area contributed by atoms with Crippen LogP contribution in [0.1, 0.15) is 32.1 Å². The number of carbonyl (C=O) groups excluding carboxylic acids is 2. The summed E-state index contributed by atoms with van der Waals surface area (Å²) in [4.78, 5) is 27.3. The van der Waals surface area contributed by atoms with Crippen molar-refractivity contribution < 1.29 is 9.59 Å². The molecule has 2 heterocycles. The van der Waals surface area contributed by atoms with Crippen LogP contribution in [0.3, 0.4) is 0 Å². The third-order valence-electron chi connectivity index (χ3n) is 3.63. The van der Waals surface area contributed by atoms with Crippen molar-refractivity contribution in [3.8, 4) is 0 Å². The zero-order valence-corrected chi connectivity index (χ0v) is 10.8. The second-order valence-electron chi connectivity index (χ2n) is 5.05. The number of hydrogen-bond acceptors (Lipinski definition) is 3. The molecule has 2 N–H and O–H groups in total. The third kappa shape index (κ3) is 3.13. The second-order valence-corrected chi connectivity index (χ2v) is 5.05. The van der Waals surface area contributed by atoms with Gasteiger partial charge in [0.1, 0.15) is 6.54 Å². The highest BCUT2D eigenvalue weighted by Crippen LogP contribution is 2.11. The standard InChI is InChI=1S/C12H22N4O2/c13-16-9-5-8-15(12(16)18)10-11(17)14-6-3-1-2-4-7-14/h1-10,13H2. The maximum Gasteiger partial charge on any atom is 0.334 e. The predicted octanol–water partition coefficient (Wildman–Crippen LogP) is 0.390. The van der Waals surface area contributed by atoms with E-state index in [-0.39, 0.29) is 18.5 Å². The largest absolute Gasteiger partial charge is 0.341 e. The van der Waals surface area contributed by atoms with Crippen molar-refractivity contribution in [3.05, 3.63) is 0 Å². The van der Waals surface area contributed by atoms with Crippen LogP contribution in [0.4, 0.5) is 4.79 Å². The van der Waals surface area contributed by atoms with Gasteiger partial charge in [-0.1, -0.05) is 12.8 Å². The van der Waals surface area contributed by atoms with Crippen LogP contribution >= 0.6 is 0 Å². The van der Waals surface area contributed by atoms with E-state index in [0.717, 1.165) is 32.4 Å². The lowest BCUT2D eigenvalue weighted by molar-refractivity contribution is -0.132. The molecule has 0 aliphatic carbocycles. The summed E-state index contributed by atoms with van der Waals surface area (Å²) in [5.74, 6) is 5.62. The van der Waals surface area contributed by atoms with E-state index in [9.17, 15) is 9.59 Å². The first-order valence-electron chi connectivity index (χ1n) is 6.77. The van der Waals surface area contributed by atoms with Crippen molar-refractivity contribution in [3.63, 3.8) is 0 Å². The van der Waals surface area contributed by atoms with Gasteiger partial charge in [0, 0.05) is 26.2 Å². The molecule has 2 aliphatic rings. The van der Waals surface area contributed by atoms with Gasteiger partial charge in [0.15, 0.2) is 0 Å². The summed E-state index contributed by atoms with van der Waals surface area (Å²) >= 11 is 0. The van der Waals surface area contributed by atoms with Gasteiger partial charge >= 0.3 is 6.03 Å². The van der Waals surface area contributed by atoms with Crippen LogP contribution in [0.2, 0.25) is 0 Å². The van der Waals surface area contributed by atoms with E-state index in [1.165, 1.54) is 17.9 Å². The summed E-state index contributed by atoms with van der Waals surface area (Å²) in [5.41, 5.74) is 0. The molecule has 0 atom stereocenters. The minimum Gasteiger partial charge on any atom is -0.341 e. The van der Waals surface area contributed by atoms with Crippen molar-refractivity contribution in [1.29, 1.82) is 0 Å². The zero-order valence-electron chi connectivity index (χ0n) is 10.8. The number of urea groups is 1. The van der Waals surface area contributed by atoms with Gasteiger partial charge in [-0.25, -0.2) is 10.6 Å². The molecule has 0 aromatic heterocycles. The van der Waals surface area contributed by atoms with E-state index in [2.05, 4.69) is 0 Å². The van der Waals surface area contributed by atoms with Crippen LogP contribution in [0.5, 0.6) is 0 Å². The average Bonchev–Trinajstić information content (AvgIpc) is 2.63. The van der Waals surface area contributed by atoms with Gasteiger partial charge < -0.3 is 9.80 Å².